The maximum Gasteiger partial charge on any atom is 0.155 e. The van der Waals surface area contributed by atoms with Crippen LogP contribution >= 0.6 is 0 Å². The van der Waals surface area contributed by atoms with Crippen LogP contribution in [-0.2, 0) is 16.1 Å². The van der Waals surface area contributed by atoms with E-state index < -0.39 is 0 Å². The topological polar surface area (TPSA) is 98.5 Å². The number of ether oxygens (including phenoxy) is 1. The number of nitrogens with zero attached hydrogens (tertiary/aromatic N) is 3. The van der Waals surface area contributed by atoms with Crippen molar-refractivity contribution in [1.82, 2.24) is 15.5 Å². The molecule has 1 aliphatic carbocycles. The van der Waals surface area contributed by atoms with Crippen molar-refractivity contribution in [3.8, 4) is 0 Å². The van der Waals surface area contributed by atoms with Crippen molar-refractivity contribution in [2.75, 3.05) is 46.4 Å². The van der Waals surface area contributed by atoms with E-state index in [0.717, 1.165) is 25.7 Å². The monoisotopic (exact) mass is 503 g/mol. The summed E-state index contributed by atoms with van der Waals surface area (Å²) in [4.78, 5) is 18.1. The smallest absolute Gasteiger partial charge is 0.155 e. The Morgan fingerprint density at radius 3 is 2.39 bits per heavy atom. The van der Waals surface area contributed by atoms with Crippen molar-refractivity contribution in [3.63, 3.8) is 0 Å². The quantitative estimate of drug-likeness (QED) is 0.230. The molecule has 0 aromatic heterocycles. The molecule has 1 heterocycles. The van der Waals surface area contributed by atoms with Crippen LogP contribution in [-0.4, -0.2) is 88.3 Å². The Morgan fingerprint density at radius 2 is 1.86 bits per heavy atom. The third-order valence-electron chi connectivity index (χ3n) is 5.57. The molecule has 0 amide bonds. The number of aliphatic hydroxyl groups is 1. The van der Waals surface area contributed by atoms with Crippen LogP contribution in [0.15, 0.2) is 52.3 Å². The molecule has 0 unspecified atom stereocenters. The van der Waals surface area contributed by atoms with E-state index in [1.807, 2.05) is 41.5 Å². The molecule has 204 valence electrons. The summed E-state index contributed by atoms with van der Waals surface area (Å²) in [5.74, 6) is 0.554. The van der Waals surface area contributed by atoms with Gasteiger partial charge in [-0.2, -0.15) is 0 Å². The average molecular weight is 504 g/mol. The van der Waals surface area contributed by atoms with E-state index >= 15 is 0 Å². The lowest BCUT2D eigenvalue weighted by atomic mass is 9.60. The number of nitrogens with one attached hydrogen (secondary N) is 2. The summed E-state index contributed by atoms with van der Waals surface area (Å²) < 4.78 is 5.33. The number of aliphatic hydroxyl groups excluding tert-OH is 1. The van der Waals surface area contributed by atoms with Crippen molar-refractivity contribution < 1.29 is 14.6 Å². The predicted molar refractivity (Wildman–Crippen MR) is 152 cm³/mol. The summed E-state index contributed by atoms with van der Waals surface area (Å²) >= 11 is 0. The molecule has 2 fully saturated rings. The van der Waals surface area contributed by atoms with Crippen molar-refractivity contribution in [2.24, 2.45) is 15.4 Å². The molecule has 1 saturated heterocycles. The number of likely N-dealkylation sites (N-methyl/N-ethyl adjacent to an activating group) is 1. The Balaban J connectivity index is 0.000000636. The van der Waals surface area contributed by atoms with Crippen LogP contribution in [0.25, 0.3) is 0 Å². The number of rotatable bonds is 12. The lowest BCUT2D eigenvalue weighted by molar-refractivity contribution is -0.0980. The first-order chi connectivity index (χ1) is 17.5. The Labute approximate surface area is 218 Å². The fraction of sp³-hybridized carbons (Fsp3) is 0.607. The van der Waals surface area contributed by atoms with Crippen LogP contribution in [0.3, 0.4) is 0 Å². The van der Waals surface area contributed by atoms with Gasteiger partial charge < -0.3 is 25.3 Å². The predicted octanol–water partition coefficient (Wildman–Crippen LogP) is 3.32. The third kappa shape index (κ3) is 13.6. The van der Waals surface area contributed by atoms with Gasteiger partial charge in [-0.15, -0.1) is 0 Å². The number of benzene rings is 1. The summed E-state index contributed by atoms with van der Waals surface area (Å²) in [6.45, 7) is 19.4. The standard InChI is InChI=1S/C16H25N3.C9H16N2O2.C2H6.CH2O/c1-17-7-8-18-15-9-16(10-15)12-19(13-16)11-14-5-3-2-4-6-14;1-8(2)13-9(6-10-3)7-11-4-5-12;2*1-2/h2-6,15,17-18H,7-13H2,1H3;6-8,12H,3-5H2,1-2H3;1-2H3;1H2/b;9-6+,11-7?;;. The molecule has 3 rings (SSSR count). The van der Waals surface area contributed by atoms with Crippen molar-refractivity contribution in [1.29, 1.82) is 0 Å². The SMILES string of the molecule is C=N/C=C(\C=NCCO)OC(C)C.C=O.CC.CNCCNC1CC2(C1)CN(Cc1ccccc1)C2. The van der Waals surface area contributed by atoms with E-state index in [4.69, 9.17) is 14.6 Å². The molecule has 36 heavy (non-hydrogen) atoms. The van der Waals surface area contributed by atoms with E-state index in [2.05, 4.69) is 62.6 Å². The van der Waals surface area contributed by atoms with Gasteiger partial charge in [-0.3, -0.25) is 14.9 Å². The highest BCUT2D eigenvalue weighted by Crippen LogP contribution is 2.48. The van der Waals surface area contributed by atoms with Gasteiger partial charge >= 0.3 is 0 Å². The number of likely N-dealkylation sites (tertiary alicyclic amines) is 1. The molecule has 0 atom stereocenters. The fourth-order valence-corrected chi connectivity index (χ4v) is 4.31. The summed E-state index contributed by atoms with van der Waals surface area (Å²) in [5, 5.41) is 15.3. The first-order valence-corrected chi connectivity index (χ1v) is 12.9. The molecular formula is C28H49N5O3. The molecule has 1 saturated carbocycles. The van der Waals surface area contributed by atoms with E-state index in [0.29, 0.717) is 17.7 Å². The molecule has 2 aliphatic rings. The zero-order chi connectivity index (χ0) is 27.2. The lowest BCUT2D eigenvalue weighted by Crippen LogP contribution is -2.65. The van der Waals surface area contributed by atoms with Gasteiger partial charge in [0.25, 0.3) is 0 Å². The summed E-state index contributed by atoms with van der Waals surface area (Å²) in [6, 6.07) is 11.6. The van der Waals surface area contributed by atoms with Gasteiger partial charge in [0.05, 0.1) is 31.7 Å². The zero-order valence-electron chi connectivity index (χ0n) is 23.1. The van der Waals surface area contributed by atoms with Crippen LogP contribution in [0, 0.1) is 5.41 Å². The van der Waals surface area contributed by atoms with Crippen LogP contribution in [0.1, 0.15) is 46.1 Å². The maximum atomic E-state index is 8.48. The van der Waals surface area contributed by atoms with E-state index in [1.54, 1.807) is 0 Å². The van der Waals surface area contributed by atoms with Gasteiger partial charge in [0.1, 0.15) is 6.79 Å². The molecule has 0 bridgehead atoms. The van der Waals surface area contributed by atoms with Crippen molar-refractivity contribution in [2.45, 2.75) is 59.2 Å². The van der Waals surface area contributed by atoms with Gasteiger partial charge in [-0.05, 0) is 51.4 Å². The first kappa shape index (κ1) is 33.6. The number of hydrogen-bond donors (Lipinski definition) is 3. The Bertz CT molecular complexity index is 726. The van der Waals surface area contributed by atoms with Crippen LogP contribution < -0.4 is 10.6 Å². The zero-order valence-corrected chi connectivity index (χ0v) is 23.1. The first-order valence-electron chi connectivity index (χ1n) is 12.9. The van der Waals surface area contributed by atoms with Gasteiger partial charge in [-0.25, -0.2) is 0 Å². The highest BCUT2D eigenvalue weighted by molar-refractivity contribution is 5.75. The number of hydrogen-bond acceptors (Lipinski definition) is 8. The second-order valence-corrected chi connectivity index (χ2v) is 8.93. The number of carbonyl (C=O) groups excluding carboxylic acids is 1. The number of carbonyl (C=O) groups is 1. The summed E-state index contributed by atoms with van der Waals surface area (Å²) in [7, 11) is 2.01. The van der Waals surface area contributed by atoms with E-state index in [1.165, 1.54) is 43.9 Å². The Morgan fingerprint density at radius 1 is 1.22 bits per heavy atom. The van der Waals surface area contributed by atoms with Crippen molar-refractivity contribution in [3.05, 3.63) is 47.9 Å². The molecule has 1 aromatic carbocycles. The Hall–Kier alpha value is -2.39. The second kappa shape index (κ2) is 20.8. The number of aliphatic imine (C=N–C) groups is 2. The van der Waals surface area contributed by atoms with E-state index in [9.17, 15) is 0 Å². The highest BCUT2D eigenvalue weighted by Gasteiger charge is 2.51. The highest BCUT2D eigenvalue weighted by atomic mass is 16.5. The largest absolute Gasteiger partial charge is 0.488 e. The molecule has 8 heteroatoms. The minimum absolute atomic E-state index is 0.0347. The van der Waals surface area contributed by atoms with Crippen LogP contribution in [0.4, 0.5) is 0 Å². The minimum Gasteiger partial charge on any atom is -0.488 e. The van der Waals surface area contributed by atoms with E-state index in [-0.39, 0.29) is 12.7 Å². The third-order valence-corrected chi connectivity index (χ3v) is 5.57. The molecule has 1 aliphatic heterocycles. The van der Waals surface area contributed by atoms with Gasteiger partial charge in [0.15, 0.2) is 5.76 Å². The van der Waals surface area contributed by atoms with Gasteiger partial charge in [-0.1, -0.05) is 44.2 Å². The molecule has 1 spiro atoms. The molecule has 3 N–H and O–H groups in total. The van der Waals surface area contributed by atoms with Gasteiger partial charge in [0, 0.05) is 38.8 Å². The average Bonchev–Trinajstić information content (AvgIpc) is 2.84. The molecule has 1 aromatic rings. The second-order valence-electron chi connectivity index (χ2n) is 8.93. The Kier molecular flexibility index (Phi) is 19.4. The maximum absolute atomic E-state index is 8.48. The molecule has 0 radical (unpaired) electrons. The molecule has 8 nitrogen and oxygen atoms in total. The lowest BCUT2D eigenvalue weighted by Gasteiger charge is -2.59. The van der Waals surface area contributed by atoms with Gasteiger partial charge in [0.2, 0.25) is 0 Å². The minimum atomic E-state index is 0.0347. The van der Waals surface area contributed by atoms with Crippen LogP contribution in [0.2, 0.25) is 0 Å². The molecular weight excluding hydrogens is 454 g/mol. The number of allylic oxidation sites excluding steroid dienone is 1. The summed E-state index contributed by atoms with van der Waals surface area (Å²) in [6.07, 6.45) is 5.85. The normalized spacial score (nSPS) is 16.5. The summed E-state index contributed by atoms with van der Waals surface area (Å²) in [5.41, 5.74) is 2.10. The fourth-order valence-electron chi connectivity index (χ4n) is 4.31. The van der Waals surface area contributed by atoms with Crippen molar-refractivity contribution >= 4 is 19.7 Å². The van der Waals surface area contributed by atoms with Crippen LogP contribution in [0.5, 0.6) is 0 Å².